The molecule has 0 saturated heterocycles. The largest absolute Gasteiger partial charge is 0.381 e. The van der Waals surface area contributed by atoms with Gasteiger partial charge in [0.05, 0.1) is 24.0 Å². The maximum atomic E-state index is 4.51. The van der Waals surface area contributed by atoms with E-state index in [9.17, 15) is 0 Å². The quantitative estimate of drug-likeness (QED) is 0.686. The van der Waals surface area contributed by atoms with Crippen molar-refractivity contribution in [2.75, 3.05) is 29.9 Å². The second-order valence-corrected chi connectivity index (χ2v) is 4.25. The third-order valence-electron chi connectivity index (χ3n) is 3.08. The highest BCUT2D eigenvalue weighted by atomic mass is 15.4. The molecule has 1 aromatic carbocycles. The van der Waals surface area contributed by atoms with Crippen LogP contribution in [-0.4, -0.2) is 31.6 Å². The van der Waals surface area contributed by atoms with Crippen molar-refractivity contribution in [2.45, 2.75) is 13.0 Å². The number of nitrogens with zero attached hydrogens (tertiary/aromatic N) is 2. The van der Waals surface area contributed by atoms with Gasteiger partial charge in [-0.1, -0.05) is 12.1 Å². The number of fused-ring (bicyclic) bond motifs is 1. The van der Waals surface area contributed by atoms with E-state index in [1.165, 1.54) is 11.4 Å². The Balaban J connectivity index is 2.03. The molecule has 2 aliphatic heterocycles. The van der Waals surface area contributed by atoms with Crippen LogP contribution < -0.4 is 15.5 Å². The van der Waals surface area contributed by atoms with E-state index < -0.39 is 0 Å². The zero-order valence-corrected chi connectivity index (χ0v) is 9.40. The summed E-state index contributed by atoms with van der Waals surface area (Å²) in [5.74, 6) is 1.02. The van der Waals surface area contributed by atoms with E-state index in [0.717, 1.165) is 25.6 Å². The average molecular weight is 216 g/mol. The maximum Gasteiger partial charge on any atom is 0.199 e. The van der Waals surface area contributed by atoms with Crippen LogP contribution in [0.2, 0.25) is 0 Å². The molecule has 1 aromatic rings. The van der Waals surface area contributed by atoms with Crippen molar-refractivity contribution in [2.24, 2.45) is 4.99 Å². The molecule has 16 heavy (non-hydrogen) atoms. The highest BCUT2D eigenvalue weighted by Crippen LogP contribution is 2.31. The zero-order chi connectivity index (χ0) is 11.0. The van der Waals surface area contributed by atoms with E-state index in [1.807, 2.05) is 0 Å². The van der Waals surface area contributed by atoms with Crippen molar-refractivity contribution in [3.05, 3.63) is 24.3 Å². The van der Waals surface area contributed by atoms with Gasteiger partial charge in [-0.3, -0.25) is 4.99 Å². The minimum Gasteiger partial charge on any atom is -0.381 e. The minimum atomic E-state index is 0.430. The molecule has 0 saturated carbocycles. The molecule has 4 nitrogen and oxygen atoms in total. The highest BCUT2D eigenvalue weighted by molar-refractivity contribution is 6.01. The van der Waals surface area contributed by atoms with Gasteiger partial charge in [-0.05, 0) is 19.1 Å². The molecule has 3 rings (SSSR count). The smallest absolute Gasteiger partial charge is 0.199 e. The van der Waals surface area contributed by atoms with Gasteiger partial charge in [0.15, 0.2) is 5.96 Å². The Morgan fingerprint density at radius 3 is 3.00 bits per heavy atom. The number of para-hydroxylation sites is 2. The van der Waals surface area contributed by atoms with Crippen LogP contribution in [0.4, 0.5) is 11.4 Å². The second-order valence-electron chi connectivity index (χ2n) is 4.25. The molecule has 0 spiro atoms. The number of nitrogens with one attached hydrogen (secondary N) is 2. The van der Waals surface area contributed by atoms with Gasteiger partial charge in [0.25, 0.3) is 0 Å². The number of benzene rings is 1. The summed E-state index contributed by atoms with van der Waals surface area (Å²) in [7, 11) is 0. The summed E-state index contributed by atoms with van der Waals surface area (Å²) in [5.41, 5.74) is 2.41. The summed E-state index contributed by atoms with van der Waals surface area (Å²) >= 11 is 0. The molecule has 1 atom stereocenters. The first-order valence-electron chi connectivity index (χ1n) is 5.77. The minimum absolute atomic E-state index is 0.430. The standard InChI is InChI=1S/C12H16N4/c1-9-8-15-10-4-2-3-5-11(10)16(9)12-13-6-7-14-12/h2-5,9,15H,6-8H2,1H3,(H,13,14). The van der Waals surface area contributed by atoms with Crippen LogP contribution in [0.3, 0.4) is 0 Å². The number of guanidine groups is 1. The number of aliphatic imine (C=N–C) groups is 1. The van der Waals surface area contributed by atoms with Crippen LogP contribution in [0, 0.1) is 0 Å². The van der Waals surface area contributed by atoms with E-state index in [4.69, 9.17) is 0 Å². The molecule has 0 fully saturated rings. The van der Waals surface area contributed by atoms with E-state index in [-0.39, 0.29) is 0 Å². The van der Waals surface area contributed by atoms with E-state index in [2.05, 4.69) is 51.7 Å². The Kier molecular flexibility index (Phi) is 2.20. The fraction of sp³-hybridized carbons (Fsp3) is 0.417. The van der Waals surface area contributed by atoms with Gasteiger partial charge < -0.3 is 15.5 Å². The van der Waals surface area contributed by atoms with Crippen molar-refractivity contribution in [1.29, 1.82) is 0 Å². The van der Waals surface area contributed by atoms with Crippen molar-refractivity contribution < 1.29 is 0 Å². The summed E-state index contributed by atoms with van der Waals surface area (Å²) in [6, 6.07) is 8.81. The molecule has 4 heteroatoms. The Labute approximate surface area is 95.4 Å². The van der Waals surface area contributed by atoms with Crippen molar-refractivity contribution in [1.82, 2.24) is 5.32 Å². The Bertz CT molecular complexity index is 427. The molecular formula is C12H16N4. The topological polar surface area (TPSA) is 39.7 Å². The lowest BCUT2D eigenvalue weighted by atomic mass is 10.1. The van der Waals surface area contributed by atoms with Crippen LogP contribution in [-0.2, 0) is 0 Å². The zero-order valence-electron chi connectivity index (χ0n) is 9.40. The molecule has 2 N–H and O–H groups in total. The average Bonchev–Trinajstić information content (AvgIpc) is 2.82. The molecule has 0 bridgehead atoms. The molecule has 84 valence electrons. The summed E-state index contributed by atoms with van der Waals surface area (Å²) in [6.07, 6.45) is 0. The van der Waals surface area contributed by atoms with Crippen LogP contribution in [0.5, 0.6) is 0 Å². The van der Waals surface area contributed by atoms with Gasteiger partial charge in [0.2, 0.25) is 0 Å². The predicted molar refractivity (Wildman–Crippen MR) is 67.2 cm³/mol. The van der Waals surface area contributed by atoms with Crippen LogP contribution in [0.25, 0.3) is 0 Å². The summed E-state index contributed by atoms with van der Waals surface area (Å²) in [5, 5.41) is 6.79. The number of anilines is 2. The predicted octanol–water partition coefficient (Wildman–Crippen LogP) is 1.27. The molecule has 0 aliphatic carbocycles. The molecule has 0 amide bonds. The first-order valence-corrected chi connectivity index (χ1v) is 5.77. The van der Waals surface area contributed by atoms with E-state index in [0.29, 0.717) is 6.04 Å². The fourth-order valence-electron chi connectivity index (χ4n) is 2.29. The highest BCUT2D eigenvalue weighted by Gasteiger charge is 2.27. The number of hydrogen-bond donors (Lipinski definition) is 2. The summed E-state index contributed by atoms with van der Waals surface area (Å²) in [4.78, 5) is 6.80. The van der Waals surface area contributed by atoms with Crippen LogP contribution >= 0.6 is 0 Å². The van der Waals surface area contributed by atoms with Gasteiger partial charge in [-0.2, -0.15) is 0 Å². The van der Waals surface area contributed by atoms with E-state index >= 15 is 0 Å². The normalized spacial score (nSPS) is 23.2. The second kappa shape index (κ2) is 3.70. The first kappa shape index (κ1) is 9.51. The summed E-state index contributed by atoms with van der Waals surface area (Å²) in [6.45, 7) is 5.01. The molecule has 2 aliphatic rings. The van der Waals surface area contributed by atoms with E-state index in [1.54, 1.807) is 0 Å². The lowest BCUT2D eigenvalue weighted by molar-refractivity contribution is 0.731. The molecule has 0 radical (unpaired) electrons. The third kappa shape index (κ3) is 1.41. The molecular weight excluding hydrogens is 200 g/mol. The first-order chi connectivity index (χ1) is 7.86. The van der Waals surface area contributed by atoms with Gasteiger partial charge in [-0.25, -0.2) is 0 Å². The van der Waals surface area contributed by atoms with Gasteiger partial charge in [0, 0.05) is 13.1 Å². The fourth-order valence-corrected chi connectivity index (χ4v) is 2.29. The van der Waals surface area contributed by atoms with Gasteiger partial charge >= 0.3 is 0 Å². The number of hydrogen-bond acceptors (Lipinski definition) is 4. The van der Waals surface area contributed by atoms with Crippen LogP contribution in [0.15, 0.2) is 29.3 Å². The van der Waals surface area contributed by atoms with Crippen molar-refractivity contribution in [3.8, 4) is 0 Å². The SMILES string of the molecule is CC1CNc2ccccc2N1C1=NCCN1. The maximum absolute atomic E-state index is 4.51. The van der Waals surface area contributed by atoms with Crippen LogP contribution in [0.1, 0.15) is 6.92 Å². The lowest BCUT2D eigenvalue weighted by Crippen LogP contribution is -2.49. The Hall–Kier alpha value is -1.71. The number of rotatable bonds is 0. The Morgan fingerprint density at radius 2 is 2.19 bits per heavy atom. The summed E-state index contributed by atoms with van der Waals surface area (Å²) < 4.78 is 0. The molecule has 0 aromatic heterocycles. The third-order valence-corrected chi connectivity index (χ3v) is 3.08. The van der Waals surface area contributed by atoms with Gasteiger partial charge in [0.1, 0.15) is 0 Å². The van der Waals surface area contributed by atoms with Crippen molar-refractivity contribution in [3.63, 3.8) is 0 Å². The van der Waals surface area contributed by atoms with Gasteiger partial charge in [-0.15, -0.1) is 0 Å². The molecule has 1 unspecified atom stereocenters. The monoisotopic (exact) mass is 216 g/mol. The Morgan fingerprint density at radius 1 is 1.31 bits per heavy atom. The molecule has 2 heterocycles. The van der Waals surface area contributed by atoms with Crippen molar-refractivity contribution >= 4 is 17.3 Å². The lowest BCUT2D eigenvalue weighted by Gasteiger charge is -2.37.